The number of ether oxygens (including phenoxy) is 1. The number of para-hydroxylation sites is 1. The Labute approximate surface area is 259 Å². The highest BCUT2D eigenvalue weighted by Crippen LogP contribution is 2.30. The van der Waals surface area contributed by atoms with Crippen molar-refractivity contribution in [1.29, 1.82) is 0 Å². The summed E-state index contributed by atoms with van der Waals surface area (Å²) >= 11 is 0. The van der Waals surface area contributed by atoms with Crippen LogP contribution in [0.2, 0.25) is 0 Å². The van der Waals surface area contributed by atoms with Crippen LogP contribution >= 0.6 is 0 Å². The Hall–Kier alpha value is -4.18. The first-order valence-corrected chi connectivity index (χ1v) is 15.6. The van der Waals surface area contributed by atoms with E-state index in [9.17, 15) is 4.79 Å². The molecule has 4 heterocycles. The Morgan fingerprint density at radius 3 is 2.50 bits per heavy atom. The van der Waals surface area contributed by atoms with Gasteiger partial charge in [-0.15, -0.1) is 0 Å². The summed E-state index contributed by atoms with van der Waals surface area (Å²) in [5.41, 5.74) is 7.44. The number of nitrogens with one attached hydrogen (secondary N) is 2. The largest absolute Gasteiger partial charge is 0.444 e. The Balaban J connectivity index is 1.06. The van der Waals surface area contributed by atoms with Crippen LogP contribution in [0.15, 0.2) is 42.6 Å². The lowest BCUT2D eigenvalue weighted by Gasteiger charge is -2.37. The van der Waals surface area contributed by atoms with Crippen molar-refractivity contribution in [2.24, 2.45) is 13.0 Å². The van der Waals surface area contributed by atoms with Crippen molar-refractivity contribution in [2.75, 3.05) is 36.8 Å². The fourth-order valence-electron chi connectivity index (χ4n) is 6.28. The number of piperidine rings is 1. The lowest BCUT2D eigenvalue weighted by atomic mass is 9.94. The molecular formula is C34H44N8O2. The number of nitrogens with zero attached hydrogens (tertiary/aromatic N) is 6. The summed E-state index contributed by atoms with van der Waals surface area (Å²) in [5, 5.41) is 12.5. The molecule has 1 amide bonds. The Kier molecular flexibility index (Phi) is 8.20. The highest BCUT2D eigenvalue weighted by Gasteiger charge is 2.28. The molecule has 0 spiro atoms. The van der Waals surface area contributed by atoms with Gasteiger partial charge in [-0.25, -0.2) is 14.5 Å². The van der Waals surface area contributed by atoms with E-state index in [1.807, 2.05) is 38.9 Å². The summed E-state index contributed by atoms with van der Waals surface area (Å²) in [7, 11) is 1.91. The molecule has 4 aromatic rings. The second-order valence-electron chi connectivity index (χ2n) is 13.3. The van der Waals surface area contributed by atoms with E-state index in [0.717, 1.165) is 80.2 Å². The molecule has 10 nitrogen and oxygen atoms in total. The first-order valence-electron chi connectivity index (χ1n) is 15.6. The van der Waals surface area contributed by atoms with Crippen molar-refractivity contribution in [1.82, 2.24) is 29.5 Å². The number of rotatable bonds is 6. The van der Waals surface area contributed by atoms with Gasteiger partial charge in [0.25, 0.3) is 0 Å². The zero-order valence-corrected chi connectivity index (χ0v) is 26.8. The minimum absolute atomic E-state index is 0.187. The highest BCUT2D eigenvalue weighted by atomic mass is 16.6. The summed E-state index contributed by atoms with van der Waals surface area (Å²) in [6.45, 7) is 14.5. The summed E-state index contributed by atoms with van der Waals surface area (Å²) in [6.07, 6.45) is 4.71. The monoisotopic (exact) mass is 596 g/mol. The van der Waals surface area contributed by atoms with Gasteiger partial charge in [0, 0.05) is 57.3 Å². The van der Waals surface area contributed by atoms with Crippen LogP contribution in [0.25, 0.3) is 11.0 Å². The lowest BCUT2D eigenvalue weighted by molar-refractivity contribution is 0.0167. The number of aromatic nitrogens is 4. The molecule has 6 rings (SSSR count). The molecule has 2 aliphatic rings. The molecule has 232 valence electrons. The average Bonchev–Trinajstić information content (AvgIpc) is 3.28. The second kappa shape index (κ2) is 12.1. The minimum atomic E-state index is -0.451. The van der Waals surface area contributed by atoms with Crippen LogP contribution in [-0.4, -0.2) is 67.4 Å². The molecule has 0 saturated carbocycles. The molecular weight excluding hydrogens is 552 g/mol. The van der Waals surface area contributed by atoms with Gasteiger partial charge in [-0.3, -0.25) is 4.90 Å². The summed E-state index contributed by atoms with van der Waals surface area (Å²) in [5.74, 6) is 1.90. The molecule has 0 atom stereocenters. The van der Waals surface area contributed by atoms with Gasteiger partial charge in [0.1, 0.15) is 5.60 Å². The van der Waals surface area contributed by atoms with Crippen LogP contribution in [-0.2, 0) is 24.8 Å². The van der Waals surface area contributed by atoms with E-state index in [1.54, 1.807) is 4.68 Å². The molecule has 2 aromatic heterocycles. The first-order chi connectivity index (χ1) is 21.0. The van der Waals surface area contributed by atoms with Gasteiger partial charge in [-0.1, -0.05) is 24.3 Å². The maximum Gasteiger partial charge on any atom is 0.410 e. The predicted octanol–water partition coefficient (Wildman–Crippen LogP) is 6.47. The van der Waals surface area contributed by atoms with Crippen molar-refractivity contribution in [2.45, 2.75) is 66.0 Å². The smallest absolute Gasteiger partial charge is 0.410 e. The number of likely N-dealkylation sites (tertiary alicyclic amines) is 1. The molecule has 0 bridgehead atoms. The summed E-state index contributed by atoms with van der Waals surface area (Å²) in [6, 6.07) is 12.8. The number of carbonyl (C=O) groups excluding carboxylic acids is 1. The predicted molar refractivity (Wildman–Crippen MR) is 175 cm³/mol. The zero-order valence-electron chi connectivity index (χ0n) is 26.8. The Morgan fingerprint density at radius 2 is 1.77 bits per heavy atom. The minimum Gasteiger partial charge on any atom is -0.444 e. The van der Waals surface area contributed by atoms with Gasteiger partial charge in [-0.05, 0) is 94.2 Å². The SMILES string of the molecule is Cc1cccc(C)c1Nc1nn(C)c2nc(Nc3ccc4c(c3)CCN(CC3CCN(C(=O)OC(C)(C)C)CC3)C4)ncc12. The normalized spacial score (nSPS) is 16.2. The van der Waals surface area contributed by atoms with E-state index in [4.69, 9.17) is 14.8 Å². The van der Waals surface area contributed by atoms with Crippen LogP contribution < -0.4 is 10.6 Å². The third kappa shape index (κ3) is 6.65. The topological polar surface area (TPSA) is 100 Å². The van der Waals surface area contributed by atoms with Crippen LogP contribution in [0.3, 0.4) is 0 Å². The van der Waals surface area contributed by atoms with Crippen molar-refractivity contribution in [3.63, 3.8) is 0 Å². The van der Waals surface area contributed by atoms with E-state index in [2.05, 4.69) is 70.8 Å². The third-order valence-corrected chi connectivity index (χ3v) is 8.64. The lowest BCUT2D eigenvalue weighted by Crippen LogP contribution is -2.44. The molecule has 10 heteroatoms. The van der Waals surface area contributed by atoms with E-state index in [1.165, 1.54) is 22.3 Å². The first kappa shape index (κ1) is 29.9. The van der Waals surface area contributed by atoms with Crippen molar-refractivity contribution < 1.29 is 9.53 Å². The fraction of sp³-hybridized carbons (Fsp3) is 0.471. The molecule has 44 heavy (non-hydrogen) atoms. The van der Waals surface area contributed by atoms with Gasteiger partial charge in [-0.2, -0.15) is 10.1 Å². The molecule has 0 radical (unpaired) electrons. The Morgan fingerprint density at radius 1 is 1.02 bits per heavy atom. The third-order valence-electron chi connectivity index (χ3n) is 8.64. The van der Waals surface area contributed by atoms with Crippen LogP contribution in [0.5, 0.6) is 0 Å². The molecule has 1 fully saturated rings. The number of hydrogen-bond acceptors (Lipinski definition) is 8. The van der Waals surface area contributed by atoms with E-state index < -0.39 is 5.60 Å². The quantitative estimate of drug-likeness (QED) is 0.261. The number of carbonyl (C=O) groups is 1. The number of amides is 1. The van der Waals surface area contributed by atoms with E-state index in [0.29, 0.717) is 11.9 Å². The van der Waals surface area contributed by atoms with Gasteiger partial charge in [0.15, 0.2) is 11.5 Å². The van der Waals surface area contributed by atoms with Gasteiger partial charge in [0.2, 0.25) is 5.95 Å². The second-order valence-corrected chi connectivity index (χ2v) is 13.3. The number of hydrogen-bond donors (Lipinski definition) is 2. The van der Waals surface area contributed by atoms with Gasteiger partial charge >= 0.3 is 6.09 Å². The zero-order chi connectivity index (χ0) is 31.0. The van der Waals surface area contributed by atoms with Gasteiger partial charge in [0.05, 0.1) is 5.39 Å². The van der Waals surface area contributed by atoms with Crippen LogP contribution in [0.1, 0.15) is 55.9 Å². The molecule has 0 unspecified atom stereocenters. The number of anilines is 4. The molecule has 1 saturated heterocycles. The number of fused-ring (bicyclic) bond motifs is 2. The van der Waals surface area contributed by atoms with Gasteiger partial charge < -0.3 is 20.3 Å². The maximum absolute atomic E-state index is 12.4. The van der Waals surface area contributed by atoms with E-state index >= 15 is 0 Å². The van der Waals surface area contributed by atoms with Crippen LogP contribution in [0.4, 0.5) is 27.9 Å². The van der Waals surface area contributed by atoms with Crippen molar-refractivity contribution in [3.8, 4) is 0 Å². The Bertz CT molecular complexity index is 1650. The van der Waals surface area contributed by atoms with E-state index in [-0.39, 0.29) is 6.09 Å². The molecule has 2 N–H and O–H groups in total. The maximum atomic E-state index is 12.4. The number of aryl methyl sites for hydroxylation is 3. The number of benzene rings is 2. The summed E-state index contributed by atoms with van der Waals surface area (Å²) in [4.78, 5) is 26.3. The van der Waals surface area contributed by atoms with Crippen LogP contribution in [0, 0.1) is 19.8 Å². The average molecular weight is 597 g/mol. The molecule has 0 aliphatic carbocycles. The van der Waals surface area contributed by atoms with Crippen molar-refractivity contribution >= 4 is 40.3 Å². The highest BCUT2D eigenvalue weighted by molar-refractivity contribution is 5.90. The standard InChI is InChI=1S/C34H44N8O2/c1-22-8-7-9-23(2)29(22)37-30-28-19-35-32(38-31(28)40(6)39-30)36-27-11-10-26-21-41(15-14-25(26)18-27)20-24-12-16-42(17-13-24)33(43)44-34(3,4)5/h7-11,18-19,24H,12-17,20-21H2,1-6H3,(H,37,39)(H,35,36,38). The van der Waals surface area contributed by atoms with Crippen molar-refractivity contribution in [3.05, 3.63) is 64.8 Å². The summed E-state index contributed by atoms with van der Waals surface area (Å²) < 4.78 is 7.35. The molecule has 2 aromatic carbocycles. The molecule has 2 aliphatic heterocycles. The fourth-order valence-corrected chi connectivity index (χ4v) is 6.28.